The summed E-state index contributed by atoms with van der Waals surface area (Å²) in [6.45, 7) is 1.68. The third-order valence-electron chi connectivity index (χ3n) is 4.55. The number of carbonyl (C=O) groups is 1. The van der Waals surface area contributed by atoms with E-state index in [0.717, 1.165) is 16.5 Å². The molecule has 0 fully saturated rings. The molecule has 136 valence electrons. The molecule has 1 unspecified atom stereocenters. The molecule has 0 radical (unpaired) electrons. The van der Waals surface area contributed by atoms with Crippen molar-refractivity contribution in [3.63, 3.8) is 0 Å². The van der Waals surface area contributed by atoms with E-state index in [9.17, 15) is 9.90 Å². The minimum Gasteiger partial charge on any atom is -0.458 e. The standard InChI is InChI=1S/C22H19NO3S/c1-22(25,20-12-17-4-2-3-5-19(17)26-20)14-23-21(24)16-8-6-15(7-9-16)18-10-11-27-13-18/h2-13,25H,14H2,1H3,(H,23,24). The van der Waals surface area contributed by atoms with Gasteiger partial charge in [-0.3, -0.25) is 4.79 Å². The summed E-state index contributed by atoms with van der Waals surface area (Å²) in [6.07, 6.45) is 0. The molecule has 1 atom stereocenters. The molecule has 5 heteroatoms. The molecule has 0 saturated carbocycles. The van der Waals surface area contributed by atoms with Crippen LogP contribution in [0.2, 0.25) is 0 Å². The first-order valence-electron chi connectivity index (χ1n) is 8.65. The maximum Gasteiger partial charge on any atom is 0.251 e. The van der Waals surface area contributed by atoms with Gasteiger partial charge in [-0.2, -0.15) is 11.3 Å². The molecular weight excluding hydrogens is 358 g/mol. The van der Waals surface area contributed by atoms with Crippen LogP contribution in [0.25, 0.3) is 22.1 Å². The van der Waals surface area contributed by atoms with Crippen molar-refractivity contribution in [2.75, 3.05) is 6.54 Å². The van der Waals surface area contributed by atoms with Crippen LogP contribution in [0.15, 0.2) is 75.8 Å². The molecule has 0 aliphatic rings. The van der Waals surface area contributed by atoms with Crippen molar-refractivity contribution < 1.29 is 14.3 Å². The lowest BCUT2D eigenvalue weighted by molar-refractivity contribution is 0.0344. The van der Waals surface area contributed by atoms with Crippen LogP contribution in [0.4, 0.5) is 0 Å². The van der Waals surface area contributed by atoms with Crippen LogP contribution < -0.4 is 5.32 Å². The van der Waals surface area contributed by atoms with Crippen LogP contribution in [-0.2, 0) is 5.60 Å². The molecule has 4 nitrogen and oxygen atoms in total. The molecule has 0 aliphatic carbocycles. The summed E-state index contributed by atoms with van der Waals surface area (Å²) >= 11 is 1.64. The fourth-order valence-corrected chi connectivity index (χ4v) is 3.60. The van der Waals surface area contributed by atoms with Crippen molar-refractivity contribution >= 4 is 28.2 Å². The lowest BCUT2D eigenvalue weighted by atomic mass is 10.0. The van der Waals surface area contributed by atoms with Crippen LogP contribution in [0, 0.1) is 0 Å². The summed E-state index contributed by atoms with van der Waals surface area (Å²) in [4.78, 5) is 12.4. The SMILES string of the molecule is CC(O)(CNC(=O)c1ccc(-c2ccsc2)cc1)c1cc2ccccc2o1. The second kappa shape index (κ2) is 7.02. The first-order chi connectivity index (χ1) is 13.0. The molecule has 0 spiro atoms. The van der Waals surface area contributed by atoms with E-state index in [1.807, 2.05) is 47.8 Å². The van der Waals surface area contributed by atoms with E-state index < -0.39 is 5.60 Å². The van der Waals surface area contributed by atoms with Gasteiger partial charge in [-0.1, -0.05) is 30.3 Å². The van der Waals surface area contributed by atoms with Gasteiger partial charge in [0.1, 0.15) is 16.9 Å². The summed E-state index contributed by atoms with van der Waals surface area (Å²) in [5, 5.41) is 18.5. The van der Waals surface area contributed by atoms with Crippen LogP contribution in [0.3, 0.4) is 0 Å². The number of aliphatic hydroxyl groups is 1. The number of rotatable bonds is 5. The van der Waals surface area contributed by atoms with Gasteiger partial charge in [0, 0.05) is 10.9 Å². The number of benzene rings is 2. The van der Waals surface area contributed by atoms with E-state index in [1.165, 1.54) is 0 Å². The van der Waals surface area contributed by atoms with E-state index in [1.54, 1.807) is 36.5 Å². The monoisotopic (exact) mass is 377 g/mol. The zero-order valence-electron chi connectivity index (χ0n) is 14.8. The van der Waals surface area contributed by atoms with Gasteiger partial charge >= 0.3 is 0 Å². The zero-order chi connectivity index (χ0) is 18.9. The summed E-state index contributed by atoms with van der Waals surface area (Å²) in [5.74, 6) is 0.195. The summed E-state index contributed by atoms with van der Waals surface area (Å²) < 4.78 is 5.73. The predicted molar refractivity (Wildman–Crippen MR) is 108 cm³/mol. The Hall–Kier alpha value is -2.89. The highest BCUT2D eigenvalue weighted by molar-refractivity contribution is 7.08. The van der Waals surface area contributed by atoms with E-state index in [0.29, 0.717) is 16.9 Å². The molecule has 0 bridgehead atoms. The van der Waals surface area contributed by atoms with Crippen molar-refractivity contribution in [2.24, 2.45) is 0 Å². The molecule has 4 aromatic rings. The quantitative estimate of drug-likeness (QED) is 0.525. The second-order valence-corrected chi connectivity index (χ2v) is 7.47. The predicted octanol–water partition coefficient (Wildman–Crippen LogP) is 4.80. The molecule has 2 aromatic carbocycles. The van der Waals surface area contributed by atoms with Crippen LogP contribution >= 0.6 is 11.3 Å². The average Bonchev–Trinajstić information content (AvgIpc) is 3.36. The minimum absolute atomic E-state index is 0.0535. The molecule has 2 aromatic heterocycles. The van der Waals surface area contributed by atoms with Crippen molar-refractivity contribution in [2.45, 2.75) is 12.5 Å². The summed E-state index contributed by atoms with van der Waals surface area (Å²) in [6, 6.07) is 18.8. The number of amides is 1. The number of carbonyl (C=O) groups excluding carboxylic acids is 1. The third-order valence-corrected chi connectivity index (χ3v) is 5.23. The van der Waals surface area contributed by atoms with Gasteiger partial charge in [0.15, 0.2) is 0 Å². The van der Waals surface area contributed by atoms with Crippen molar-refractivity contribution in [3.05, 3.63) is 82.7 Å². The first kappa shape index (κ1) is 17.5. The smallest absolute Gasteiger partial charge is 0.251 e. The topological polar surface area (TPSA) is 62.5 Å². The van der Waals surface area contributed by atoms with E-state index in [2.05, 4.69) is 10.7 Å². The first-order valence-corrected chi connectivity index (χ1v) is 9.59. The van der Waals surface area contributed by atoms with Crippen molar-refractivity contribution in [1.29, 1.82) is 0 Å². The Morgan fingerprint density at radius 1 is 1.11 bits per heavy atom. The molecule has 27 heavy (non-hydrogen) atoms. The van der Waals surface area contributed by atoms with Gasteiger partial charge in [-0.25, -0.2) is 0 Å². The Morgan fingerprint density at radius 3 is 2.59 bits per heavy atom. The van der Waals surface area contributed by atoms with E-state index in [4.69, 9.17) is 4.42 Å². The lowest BCUT2D eigenvalue weighted by Crippen LogP contribution is -2.38. The van der Waals surface area contributed by atoms with Crippen LogP contribution in [0.5, 0.6) is 0 Å². The Bertz CT molecular complexity index is 1030. The molecule has 0 saturated heterocycles. The second-order valence-electron chi connectivity index (χ2n) is 6.69. The third kappa shape index (κ3) is 3.65. The summed E-state index contributed by atoms with van der Waals surface area (Å²) in [7, 11) is 0. The summed E-state index contributed by atoms with van der Waals surface area (Å²) in [5.41, 5.74) is 2.17. The van der Waals surface area contributed by atoms with Crippen LogP contribution in [0.1, 0.15) is 23.0 Å². The fraction of sp³-hybridized carbons (Fsp3) is 0.136. The number of thiophene rings is 1. The van der Waals surface area contributed by atoms with Gasteiger partial charge in [0.2, 0.25) is 0 Å². The maximum atomic E-state index is 12.4. The van der Waals surface area contributed by atoms with Crippen molar-refractivity contribution in [3.8, 4) is 11.1 Å². The van der Waals surface area contributed by atoms with Gasteiger partial charge in [0.25, 0.3) is 5.91 Å². The Balaban J connectivity index is 1.44. The highest BCUT2D eigenvalue weighted by Crippen LogP contribution is 2.27. The number of hydrogen-bond donors (Lipinski definition) is 2. The average molecular weight is 377 g/mol. The van der Waals surface area contributed by atoms with Gasteiger partial charge in [-0.05, 0) is 59.1 Å². The number of para-hydroxylation sites is 1. The molecule has 0 aliphatic heterocycles. The normalized spacial score (nSPS) is 13.4. The van der Waals surface area contributed by atoms with Crippen molar-refractivity contribution in [1.82, 2.24) is 5.32 Å². The fourth-order valence-electron chi connectivity index (χ4n) is 2.93. The minimum atomic E-state index is -1.30. The van der Waals surface area contributed by atoms with Gasteiger partial charge < -0.3 is 14.8 Å². The molecule has 1 amide bonds. The Labute approximate surface area is 161 Å². The molecule has 4 rings (SSSR count). The number of hydrogen-bond acceptors (Lipinski definition) is 4. The lowest BCUT2D eigenvalue weighted by Gasteiger charge is -2.21. The number of nitrogens with one attached hydrogen (secondary N) is 1. The highest BCUT2D eigenvalue weighted by atomic mass is 32.1. The Morgan fingerprint density at radius 2 is 1.89 bits per heavy atom. The highest BCUT2D eigenvalue weighted by Gasteiger charge is 2.28. The Kier molecular flexibility index (Phi) is 4.56. The van der Waals surface area contributed by atoms with E-state index >= 15 is 0 Å². The van der Waals surface area contributed by atoms with Crippen LogP contribution in [-0.4, -0.2) is 17.6 Å². The van der Waals surface area contributed by atoms with Gasteiger partial charge in [-0.15, -0.1) is 0 Å². The van der Waals surface area contributed by atoms with Gasteiger partial charge in [0.05, 0.1) is 6.54 Å². The molecule has 2 N–H and O–H groups in total. The number of fused-ring (bicyclic) bond motifs is 1. The van der Waals surface area contributed by atoms with E-state index in [-0.39, 0.29) is 12.5 Å². The zero-order valence-corrected chi connectivity index (χ0v) is 15.6. The molecule has 2 heterocycles. The number of furan rings is 1. The maximum absolute atomic E-state index is 12.4. The largest absolute Gasteiger partial charge is 0.458 e. The molecular formula is C22H19NO3S.